The molecular weight excluding hydrogens is 339 g/mol. The Labute approximate surface area is 147 Å². The molecule has 0 fully saturated rings. The Morgan fingerprint density at radius 2 is 2.04 bits per heavy atom. The lowest BCUT2D eigenvalue weighted by atomic mass is 10.2. The number of hydrogen-bond acceptors (Lipinski definition) is 6. The third-order valence-corrected chi connectivity index (χ3v) is 4.46. The predicted octanol–water partition coefficient (Wildman–Crippen LogP) is 4.63. The van der Waals surface area contributed by atoms with E-state index in [4.69, 9.17) is 4.74 Å². The van der Waals surface area contributed by atoms with Crippen LogP contribution in [0.25, 0.3) is 10.2 Å². The number of hydrogen-bond donors (Lipinski definition) is 1. The van der Waals surface area contributed by atoms with Crippen LogP contribution in [0, 0.1) is 5.82 Å². The minimum Gasteiger partial charge on any atom is -0.439 e. The molecule has 0 bridgehead atoms. The zero-order valence-corrected chi connectivity index (χ0v) is 13.8. The van der Waals surface area contributed by atoms with E-state index >= 15 is 0 Å². The summed E-state index contributed by atoms with van der Waals surface area (Å²) in [6.07, 6.45) is 3.17. The molecule has 124 valence electrons. The molecule has 0 unspecified atom stereocenters. The second kappa shape index (κ2) is 6.82. The Bertz CT molecular complexity index is 1020. The largest absolute Gasteiger partial charge is 0.439 e. The van der Waals surface area contributed by atoms with Crippen molar-refractivity contribution in [1.29, 1.82) is 0 Å². The van der Waals surface area contributed by atoms with Crippen LogP contribution in [0.2, 0.25) is 0 Å². The topological polar surface area (TPSA) is 59.9 Å². The average Bonchev–Trinajstić information content (AvgIpc) is 3.10. The van der Waals surface area contributed by atoms with Gasteiger partial charge < -0.3 is 10.1 Å². The molecule has 4 aromatic rings. The fraction of sp³-hybridized carbons (Fsp3) is 0.0556. The Kier molecular flexibility index (Phi) is 4.22. The molecule has 0 spiro atoms. The number of nitrogens with one attached hydrogen (secondary N) is 1. The normalized spacial score (nSPS) is 10.8. The Morgan fingerprint density at radius 3 is 2.96 bits per heavy atom. The molecular formula is C18H13FN4OS. The first-order valence-electron chi connectivity index (χ1n) is 7.59. The first-order valence-corrected chi connectivity index (χ1v) is 8.47. The van der Waals surface area contributed by atoms with Gasteiger partial charge in [-0.05, 0) is 29.6 Å². The lowest BCUT2D eigenvalue weighted by molar-refractivity contribution is 0.452. The number of nitrogens with zero attached hydrogens (tertiary/aromatic N) is 3. The van der Waals surface area contributed by atoms with Gasteiger partial charge in [0.2, 0.25) is 5.88 Å². The Hall–Kier alpha value is -3.06. The molecule has 0 aliphatic carbocycles. The van der Waals surface area contributed by atoms with E-state index in [1.54, 1.807) is 29.7 Å². The van der Waals surface area contributed by atoms with Crippen molar-refractivity contribution in [3.63, 3.8) is 0 Å². The minimum atomic E-state index is -0.353. The highest BCUT2D eigenvalue weighted by Gasteiger charge is 2.09. The molecule has 3 aromatic heterocycles. The molecule has 0 aliphatic rings. The molecule has 1 N–H and O–H groups in total. The van der Waals surface area contributed by atoms with Crippen LogP contribution >= 0.6 is 11.3 Å². The predicted molar refractivity (Wildman–Crippen MR) is 95.5 cm³/mol. The molecule has 0 aliphatic heterocycles. The number of thiophene rings is 1. The smallest absolute Gasteiger partial charge is 0.224 e. The number of aromatic nitrogens is 3. The van der Waals surface area contributed by atoms with E-state index in [2.05, 4.69) is 20.3 Å². The summed E-state index contributed by atoms with van der Waals surface area (Å²) in [6.45, 7) is 0.475. The zero-order chi connectivity index (χ0) is 17.1. The molecule has 0 radical (unpaired) electrons. The summed E-state index contributed by atoms with van der Waals surface area (Å²) in [5.74, 6) is 1.24. The number of benzene rings is 1. The second-order valence-corrected chi connectivity index (χ2v) is 6.15. The number of ether oxygens (including phenoxy) is 1. The fourth-order valence-electron chi connectivity index (χ4n) is 2.39. The van der Waals surface area contributed by atoms with E-state index in [9.17, 15) is 4.39 Å². The van der Waals surface area contributed by atoms with Crippen LogP contribution in [0.5, 0.6) is 11.6 Å². The van der Waals surface area contributed by atoms with Gasteiger partial charge in [0.1, 0.15) is 23.7 Å². The third-order valence-electron chi connectivity index (χ3n) is 3.55. The van der Waals surface area contributed by atoms with Gasteiger partial charge in [-0.25, -0.2) is 19.3 Å². The minimum absolute atomic E-state index is 0.353. The monoisotopic (exact) mass is 352 g/mol. The zero-order valence-electron chi connectivity index (χ0n) is 13.0. The number of pyridine rings is 1. The van der Waals surface area contributed by atoms with Crippen molar-refractivity contribution in [1.82, 2.24) is 15.0 Å². The van der Waals surface area contributed by atoms with E-state index in [1.165, 1.54) is 18.5 Å². The molecule has 25 heavy (non-hydrogen) atoms. The van der Waals surface area contributed by atoms with Crippen LogP contribution in [0.15, 0.2) is 60.4 Å². The molecule has 3 heterocycles. The van der Waals surface area contributed by atoms with Gasteiger partial charge in [0.05, 0.1) is 10.2 Å². The third kappa shape index (κ3) is 3.41. The molecule has 1 aromatic carbocycles. The summed E-state index contributed by atoms with van der Waals surface area (Å²) in [4.78, 5) is 12.8. The maximum atomic E-state index is 13.3. The summed E-state index contributed by atoms with van der Waals surface area (Å²) in [5.41, 5.74) is 1.75. The number of rotatable bonds is 5. The van der Waals surface area contributed by atoms with Gasteiger partial charge in [-0.3, -0.25) is 0 Å². The fourth-order valence-corrected chi connectivity index (χ4v) is 3.20. The van der Waals surface area contributed by atoms with Crippen LogP contribution in [0.1, 0.15) is 5.56 Å². The molecule has 7 heteroatoms. The molecule has 0 saturated carbocycles. The van der Waals surface area contributed by atoms with Gasteiger partial charge in [0, 0.05) is 24.4 Å². The lowest BCUT2D eigenvalue weighted by Gasteiger charge is -2.11. The van der Waals surface area contributed by atoms with Gasteiger partial charge >= 0.3 is 0 Å². The highest BCUT2D eigenvalue weighted by atomic mass is 32.1. The first kappa shape index (κ1) is 15.5. The number of anilines is 1. The van der Waals surface area contributed by atoms with Gasteiger partial charge in [0.15, 0.2) is 0 Å². The van der Waals surface area contributed by atoms with E-state index in [1.807, 2.05) is 23.6 Å². The van der Waals surface area contributed by atoms with Crippen molar-refractivity contribution in [2.45, 2.75) is 6.54 Å². The SMILES string of the molecule is Fc1cccc(Oc2ncccc2CNc2ncnc3ccsc23)c1. The quantitative estimate of drug-likeness (QED) is 0.567. The highest BCUT2D eigenvalue weighted by Crippen LogP contribution is 2.27. The Morgan fingerprint density at radius 1 is 1.08 bits per heavy atom. The van der Waals surface area contributed by atoms with Crippen molar-refractivity contribution in [3.8, 4) is 11.6 Å². The molecule has 0 saturated heterocycles. The maximum absolute atomic E-state index is 13.3. The standard InChI is InChI=1S/C18H13FN4OS/c19-13-4-1-5-14(9-13)24-18-12(3-2-7-20-18)10-21-17-16-15(6-8-25-16)22-11-23-17/h1-9,11H,10H2,(H,21,22,23). The van der Waals surface area contributed by atoms with Crippen LogP contribution in [-0.2, 0) is 6.54 Å². The highest BCUT2D eigenvalue weighted by molar-refractivity contribution is 7.17. The molecule has 4 rings (SSSR count). The van der Waals surface area contributed by atoms with Crippen LogP contribution < -0.4 is 10.1 Å². The van der Waals surface area contributed by atoms with Crippen molar-refractivity contribution in [3.05, 3.63) is 71.7 Å². The summed E-state index contributed by atoms with van der Waals surface area (Å²) in [6, 6.07) is 11.7. The molecule has 0 amide bonds. The lowest BCUT2D eigenvalue weighted by Crippen LogP contribution is -2.04. The van der Waals surface area contributed by atoms with Crippen molar-refractivity contribution in [2.24, 2.45) is 0 Å². The van der Waals surface area contributed by atoms with E-state index in [-0.39, 0.29) is 5.82 Å². The van der Waals surface area contributed by atoms with Crippen molar-refractivity contribution < 1.29 is 9.13 Å². The van der Waals surface area contributed by atoms with Crippen molar-refractivity contribution >= 4 is 27.4 Å². The van der Waals surface area contributed by atoms with E-state index in [0.29, 0.717) is 18.2 Å². The summed E-state index contributed by atoms with van der Waals surface area (Å²) < 4.78 is 20.1. The number of fused-ring (bicyclic) bond motifs is 1. The molecule has 5 nitrogen and oxygen atoms in total. The van der Waals surface area contributed by atoms with Crippen molar-refractivity contribution in [2.75, 3.05) is 5.32 Å². The first-order chi connectivity index (χ1) is 12.3. The summed E-state index contributed by atoms with van der Waals surface area (Å²) in [7, 11) is 0. The Balaban J connectivity index is 1.56. The average molecular weight is 352 g/mol. The number of halogens is 1. The van der Waals surface area contributed by atoms with Gasteiger partial charge in [0.25, 0.3) is 0 Å². The molecule has 0 atom stereocenters. The van der Waals surface area contributed by atoms with Gasteiger partial charge in [-0.2, -0.15) is 0 Å². The maximum Gasteiger partial charge on any atom is 0.224 e. The van der Waals surface area contributed by atoms with E-state index < -0.39 is 0 Å². The second-order valence-electron chi connectivity index (χ2n) is 5.24. The summed E-state index contributed by atoms with van der Waals surface area (Å²) >= 11 is 1.58. The summed E-state index contributed by atoms with van der Waals surface area (Å²) in [5, 5.41) is 5.27. The van der Waals surface area contributed by atoms with E-state index in [0.717, 1.165) is 21.6 Å². The van der Waals surface area contributed by atoms with Gasteiger partial charge in [-0.15, -0.1) is 11.3 Å². The van der Waals surface area contributed by atoms with Crippen LogP contribution in [-0.4, -0.2) is 15.0 Å². The van der Waals surface area contributed by atoms with Crippen LogP contribution in [0.4, 0.5) is 10.2 Å². The van der Waals surface area contributed by atoms with Crippen LogP contribution in [0.3, 0.4) is 0 Å². The van der Waals surface area contributed by atoms with Gasteiger partial charge in [-0.1, -0.05) is 12.1 Å².